The first kappa shape index (κ1) is 4.81. The van der Waals surface area contributed by atoms with Gasteiger partial charge in [-0.3, -0.25) is 5.73 Å². The topological polar surface area (TPSA) is 63.3 Å². The molecule has 30 valence electrons. The van der Waals surface area contributed by atoms with Crippen LogP contribution in [0.3, 0.4) is 0 Å². The predicted molar refractivity (Wildman–Crippen MR) is 20.0 cm³/mol. The molecule has 0 fully saturated rings. The minimum absolute atomic E-state index is 0.120. The molecule has 0 saturated heterocycles. The van der Waals surface area contributed by atoms with Gasteiger partial charge in [-0.15, -0.1) is 0 Å². The van der Waals surface area contributed by atoms with Gasteiger partial charge in [-0.25, -0.2) is 4.21 Å². The minimum Gasteiger partial charge on any atom is -0.341 e. The second-order valence-electron chi connectivity index (χ2n) is 0.422. The molecule has 0 aromatic heterocycles. The van der Waals surface area contributed by atoms with Crippen LogP contribution < -0.4 is 5.73 Å². The number of hydrogen-bond donors (Lipinski definition) is 2. The van der Waals surface area contributed by atoms with E-state index in [0.717, 1.165) is 0 Å². The average molecular weight is 93.1 g/mol. The Bertz CT molecular complexity index is 69.7. The summed E-state index contributed by atoms with van der Waals surface area (Å²) in [6.45, 7) is 0. The summed E-state index contributed by atoms with van der Waals surface area (Å²) in [6, 6.07) is 0. The first-order valence-corrected chi connectivity index (χ1v) is 1.62. The summed E-state index contributed by atoms with van der Waals surface area (Å²) >= 11 is -0.120. The summed E-state index contributed by atoms with van der Waals surface area (Å²) in [5.74, 6) is 0. The number of aliphatic hydroxyl groups is 1. The molecule has 0 aromatic rings. The molecule has 0 aromatic carbocycles. The van der Waals surface area contributed by atoms with Crippen molar-refractivity contribution in [1.29, 1.82) is 0 Å². The normalized spacial score (nSPS) is 6.80. The van der Waals surface area contributed by atoms with E-state index in [4.69, 9.17) is 9.32 Å². The lowest BCUT2D eigenvalue weighted by Gasteiger charge is -1.64. The van der Waals surface area contributed by atoms with Crippen LogP contribution in [0.4, 0.5) is 0 Å². The highest BCUT2D eigenvalue weighted by Gasteiger charge is 1.64. The standard InChI is InChI=1S/CH3NO2S/c2-1(3)5-4/h3H,2H2. The molecule has 0 aliphatic heterocycles. The lowest BCUT2D eigenvalue weighted by Crippen LogP contribution is -2.07. The molecular weight excluding hydrogens is 90.1 g/mol. The highest BCUT2D eigenvalue weighted by atomic mass is 32.1. The Labute approximate surface area is 32.5 Å². The molecule has 3 N–H and O–H groups in total. The van der Waals surface area contributed by atoms with Crippen LogP contribution in [0, 0.1) is 0 Å². The van der Waals surface area contributed by atoms with Crippen molar-refractivity contribution in [2.24, 2.45) is 5.73 Å². The maximum Gasteiger partial charge on any atom is 0.211 e. The van der Waals surface area contributed by atoms with Gasteiger partial charge in [-0.1, -0.05) is 0 Å². The molecule has 0 aliphatic rings. The number of nitrogens with two attached hydrogens (primary N) is 1. The Morgan fingerprint density at radius 2 is 2.20 bits per heavy atom. The zero-order valence-electron chi connectivity index (χ0n) is 2.34. The molecule has 0 saturated carbocycles. The quantitative estimate of drug-likeness (QED) is 0.370. The van der Waals surface area contributed by atoms with E-state index in [0.29, 0.717) is 0 Å². The molecule has 0 unspecified atom stereocenters. The lowest BCUT2D eigenvalue weighted by atomic mass is 11.4. The van der Waals surface area contributed by atoms with Crippen LogP contribution >= 0.6 is 0 Å². The zero-order chi connectivity index (χ0) is 4.28. The van der Waals surface area contributed by atoms with Crippen LogP contribution in [0.5, 0.6) is 0 Å². The van der Waals surface area contributed by atoms with Gasteiger partial charge in [0.15, 0.2) is 0 Å². The molecule has 0 rings (SSSR count). The van der Waals surface area contributed by atoms with E-state index in [1.165, 1.54) is 0 Å². The molecule has 0 bridgehead atoms. The van der Waals surface area contributed by atoms with Gasteiger partial charge < -0.3 is 5.11 Å². The summed E-state index contributed by atoms with van der Waals surface area (Å²) in [5, 5.41) is 7.07. The van der Waals surface area contributed by atoms with Crippen LogP contribution in [0.1, 0.15) is 0 Å². The number of hydrogen-bond acceptors (Lipinski definition) is 1. The fourth-order valence-corrected chi connectivity index (χ4v) is 0. The van der Waals surface area contributed by atoms with E-state index in [1.807, 2.05) is 0 Å². The second kappa shape index (κ2) is 2.07. The van der Waals surface area contributed by atoms with Crippen molar-refractivity contribution in [3.05, 3.63) is 0 Å². The summed E-state index contributed by atoms with van der Waals surface area (Å²) in [5.41, 5.74) is 4.41. The predicted octanol–water partition coefficient (Wildman–Crippen LogP) is -1.20. The van der Waals surface area contributed by atoms with Crippen LogP contribution in [0.25, 0.3) is 0 Å². The van der Waals surface area contributed by atoms with Crippen molar-refractivity contribution in [3.8, 4) is 0 Å². The van der Waals surface area contributed by atoms with E-state index in [-0.39, 0.29) is 11.3 Å². The number of rotatable bonds is 0. The molecule has 0 amide bonds. The largest absolute Gasteiger partial charge is 0.341 e. The Morgan fingerprint density at radius 1 is 2.00 bits per heavy atom. The third-order valence-electron chi connectivity index (χ3n) is 0.0854. The molecule has 0 radical (unpaired) electrons. The fraction of sp³-hybridized carbons (Fsp3) is 0. The highest BCUT2D eigenvalue weighted by Crippen LogP contribution is 1.29. The van der Waals surface area contributed by atoms with E-state index < -0.39 is 5.17 Å². The monoisotopic (exact) mass is 93.0 g/mol. The molecule has 0 aliphatic carbocycles. The van der Waals surface area contributed by atoms with Gasteiger partial charge in [-0.05, 0) is 0 Å². The first-order chi connectivity index (χ1) is 2.27. The summed E-state index contributed by atoms with van der Waals surface area (Å²) < 4.78 is 9.13. The van der Waals surface area contributed by atoms with E-state index in [9.17, 15) is 0 Å². The van der Waals surface area contributed by atoms with Crippen LogP contribution in [-0.2, 0) is 11.3 Å². The summed E-state index contributed by atoms with van der Waals surface area (Å²) in [4.78, 5) is 0. The smallest absolute Gasteiger partial charge is 0.211 e. The SMILES string of the molecule is NC(O)=S=O. The summed E-state index contributed by atoms with van der Waals surface area (Å²) in [6.07, 6.45) is 0. The minimum atomic E-state index is -0.634. The van der Waals surface area contributed by atoms with Crippen molar-refractivity contribution < 1.29 is 9.32 Å². The van der Waals surface area contributed by atoms with Crippen molar-refractivity contribution in [2.45, 2.75) is 0 Å². The van der Waals surface area contributed by atoms with Crippen LogP contribution in [0.2, 0.25) is 0 Å². The van der Waals surface area contributed by atoms with Crippen LogP contribution in [0.15, 0.2) is 0 Å². The van der Waals surface area contributed by atoms with Crippen molar-refractivity contribution >= 4 is 16.4 Å². The maximum atomic E-state index is 9.13. The molecule has 0 atom stereocenters. The van der Waals surface area contributed by atoms with Gasteiger partial charge in [0.2, 0.25) is 5.17 Å². The van der Waals surface area contributed by atoms with Crippen molar-refractivity contribution in [1.82, 2.24) is 0 Å². The van der Waals surface area contributed by atoms with Crippen LogP contribution in [-0.4, -0.2) is 14.5 Å². The van der Waals surface area contributed by atoms with E-state index in [2.05, 4.69) is 5.73 Å². The molecule has 0 heterocycles. The average Bonchev–Trinajstić information content (AvgIpc) is 1.38. The third kappa shape index (κ3) is 3.81. The molecule has 3 nitrogen and oxygen atoms in total. The Morgan fingerprint density at radius 3 is 2.20 bits per heavy atom. The Hall–Kier alpha value is -0.190. The third-order valence-corrected chi connectivity index (χ3v) is 0.256. The van der Waals surface area contributed by atoms with E-state index in [1.54, 1.807) is 0 Å². The number of aliphatic hydroxyl groups excluding tert-OH is 1. The highest BCUT2D eigenvalue weighted by molar-refractivity contribution is 7.65. The van der Waals surface area contributed by atoms with Crippen molar-refractivity contribution in [3.63, 3.8) is 0 Å². The van der Waals surface area contributed by atoms with Gasteiger partial charge in [0.1, 0.15) is 11.3 Å². The van der Waals surface area contributed by atoms with Gasteiger partial charge in [0, 0.05) is 0 Å². The molecular formula is CH3NO2S. The molecule has 5 heavy (non-hydrogen) atoms. The first-order valence-electron chi connectivity index (χ1n) is 0.883. The van der Waals surface area contributed by atoms with Gasteiger partial charge >= 0.3 is 0 Å². The molecule has 4 heteroatoms. The fourth-order valence-electron chi connectivity index (χ4n) is 0. The van der Waals surface area contributed by atoms with Crippen molar-refractivity contribution in [2.75, 3.05) is 0 Å². The summed E-state index contributed by atoms with van der Waals surface area (Å²) in [7, 11) is 0. The van der Waals surface area contributed by atoms with Gasteiger partial charge in [0.05, 0.1) is 0 Å². The second-order valence-corrected chi connectivity index (χ2v) is 1.01. The van der Waals surface area contributed by atoms with Gasteiger partial charge in [0.25, 0.3) is 0 Å². The maximum absolute atomic E-state index is 9.13. The van der Waals surface area contributed by atoms with E-state index >= 15 is 0 Å². The Balaban J connectivity index is 3.60. The van der Waals surface area contributed by atoms with Gasteiger partial charge in [-0.2, -0.15) is 0 Å². The lowest BCUT2D eigenvalue weighted by molar-refractivity contribution is 0.557. The zero-order valence-corrected chi connectivity index (χ0v) is 3.16. The molecule has 0 spiro atoms. The Kier molecular flexibility index (Phi) is 1.99.